The minimum absolute atomic E-state index is 0.187. The molecule has 0 radical (unpaired) electrons. The van der Waals surface area contributed by atoms with Gasteiger partial charge in [-0.1, -0.05) is 0 Å². The first-order valence-corrected chi connectivity index (χ1v) is 4.93. The lowest BCUT2D eigenvalue weighted by atomic mass is 10.2. The second-order valence-corrected chi connectivity index (χ2v) is 3.48. The molecule has 0 fully saturated rings. The van der Waals surface area contributed by atoms with Crippen molar-refractivity contribution in [1.82, 2.24) is 19.7 Å². The topological polar surface area (TPSA) is 46.5 Å². The summed E-state index contributed by atoms with van der Waals surface area (Å²) in [5.74, 6) is 0.396. The third-order valence-corrected chi connectivity index (χ3v) is 2.33. The van der Waals surface area contributed by atoms with Crippen molar-refractivity contribution in [3.8, 4) is 11.4 Å². The Kier molecular flexibility index (Phi) is 3.04. The van der Waals surface area contributed by atoms with Gasteiger partial charge in [0.25, 0.3) is 6.43 Å². The van der Waals surface area contributed by atoms with Gasteiger partial charge in [-0.25, -0.2) is 8.78 Å². The molecule has 0 unspecified atom stereocenters. The number of nitrogens with zero attached hydrogens (tertiary/aromatic N) is 3. The van der Waals surface area contributed by atoms with E-state index in [-0.39, 0.29) is 4.77 Å². The molecule has 4 nitrogen and oxygen atoms in total. The number of nitrogens with one attached hydrogen (secondary N) is 1. The highest BCUT2D eigenvalue weighted by atomic mass is 32.1. The summed E-state index contributed by atoms with van der Waals surface area (Å²) >= 11 is 4.89. The van der Waals surface area contributed by atoms with Crippen molar-refractivity contribution in [2.45, 2.75) is 13.0 Å². The molecule has 0 saturated heterocycles. The monoisotopic (exact) mass is 242 g/mol. The minimum Gasteiger partial charge on any atom is -0.294 e. The predicted octanol–water partition coefficient (Wildman–Crippen LogP) is 2.27. The van der Waals surface area contributed by atoms with Crippen molar-refractivity contribution in [2.24, 2.45) is 0 Å². The number of rotatable bonds is 3. The average Bonchev–Trinajstić information content (AvgIpc) is 2.61. The summed E-state index contributed by atoms with van der Waals surface area (Å²) in [5, 5.41) is 6.43. The molecule has 0 aliphatic carbocycles. The minimum atomic E-state index is -2.47. The van der Waals surface area contributed by atoms with Gasteiger partial charge in [0.15, 0.2) is 10.6 Å². The molecule has 0 aliphatic heterocycles. The number of aromatic nitrogens is 4. The van der Waals surface area contributed by atoms with Crippen LogP contribution in [0.1, 0.15) is 0 Å². The fourth-order valence-corrected chi connectivity index (χ4v) is 1.55. The molecule has 0 amide bonds. The summed E-state index contributed by atoms with van der Waals surface area (Å²) in [6, 6.07) is 3.37. The third kappa shape index (κ3) is 2.13. The van der Waals surface area contributed by atoms with Gasteiger partial charge >= 0.3 is 0 Å². The van der Waals surface area contributed by atoms with E-state index < -0.39 is 13.0 Å². The Morgan fingerprint density at radius 1 is 1.38 bits per heavy atom. The van der Waals surface area contributed by atoms with E-state index in [4.69, 9.17) is 12.2 Å². The summed E-state index contributed by atoms with van der Waals surface area (Å²) in [4.78, 5) is 3.85. The fourth-order valence-electron chi connectivity index (χ4n) is 1.35. The van der Waals surface area contributed by atoms with Crippen LogP contribution in [0.2, 0.25) is 0 Å². The van der Waals surface area contributed by atoms with Gasteiger partial charge < -0.3 is 0 Å². The normalized spacial score (nSPS) is 10.9. The molecule has 84 valence electrons. The number of H-pyrrole nitrogens is 1. The van der Waals surface area contributed by atoms with Gasteiger partial charge in [-0.05, 0) is 24.4 Å². The van der Waals surface area contributed by atoms with Crippen molar-refractivity contribution < 1.29 is 8.78 Å². The first kappa shape index (κ1) is 10.9. The Bertz CT molecular complexity index is 520. The van der Waals surface area contributed by atoms with E-state index in [0.717, 1.165) is 0 Å². The molecule has 0 bridgehead atoms. The zero-order chi connectivity index (χ0) is 11.5. The van der Waals surface area contributed by atoms with Crippen LogP contribution < -0.4 is 0 Å². The maximum atomic E-state index is 12.4. The van der Waals surface area contributed by atoms with Crippen LogP contribution in [0.25, 0.3) is 11.4 Å². The molecule has 2 aromatic heterocycles. The van der Waals surface area contributed by atoms with Crippen LogP contribution in [0.15, 0.2) is 24.5 Å². The largest absolute Gasteiger partial charge is 0.294 e. The Morgan fingerprint density at radius 2 is 2.06 bits per heavy atom. The van der Waals surface area contributed by atoms with Crippen LogP contribution in [0.4, 0.5) is 8.78 Å². The van der Waals surface area contributed by atoms with E-state index in [1.807, 2.05) is 0 Å². The average molecular weight is 242 g/mol. The highest BCUT2D eigenvalue weighted by molar-refractivity contribution is 7.71. The van der Waals surface area contributed by atoms with E-state index in [1.54, 1.807) is 24.5 Å². The van der Waals surface area contributed by atoms with Crippen LogP contribution in [0.5, 0.6) is 0 Å². The van der Waals surface area contributed by atoms with Gasteiger partial charge in [0.05, 0.1) is 6.54 Å². The molecule has 0 aromatic carbocycles. The Labute approximate surface area is 95.0 Å². The van der Waals surface area contributed by atoms with E-state index in [2.05, 4.69) is 15.2 Å². The second kappa shape index (κ2) is 4.48. The maximum absolute atomic E-state index is 12.4. The number of alkyl halides is 2. The number of aromatic amines is 1. The van der Waals surface area contributed by atoms with Crippen molar-refractivity contribution >= 4 is 12.2 Å². The first-order valence-electron chi connectivity index (χ1n) is 4.52. The highest BCUT2D eigenvalue weighted by Gasteiger charge is 2.12. The highest BCUT2D eigenvalue weighted by Crippen LogP contribution is 2.16. The Hall–Kier alpha value is -1.63. The molecule has 7 heteroatoms. The number of hydrogen-bond donors (Lipinski definition) is 1. The first-order chi connectivity index (χ1) is 7.68. The lowest BCUT2D eigenvalue weighted by Gasteiger charge is -2.05. The number of hydrogen-bond acceptors (Lipinski definition) is 3. The molecule has 2 aromatic rings. The molecule has 1 N–H and O–H groups in total. The predicted molar refractivity (Wildman–Crippen MR) is 56.6 cm³/mol. The second-order valence-electron chi connectivity index (χ2n) is 3.09. The fraction of sp³-hybridized carbons (Fsp3) is 0.222. The van der Waals surface area contributed by atoms with Crippen molar-refractivity contribution in [3.63, 3.8) is 0 Å². The Balaban J connectivity index is 2.46. The van der Waals surface area contributed by atoms with Crippen LogP contribution in [-0.4, -0.2) is 26.2 Å². The van der Waals surface area contributed by atoms with Gasteiger partial charge in [0, 0.05) is 18.0 Å². The summed E-state index contributed by atoms with van der Waals surface area (Å²) < 4.78 is 26.2. The lowest BCUT2D eigenvalue weighted by Crippen LogP contribution is -2.08. The molecule has 0 atom stereocenters. The van der Waals surface area contributed by atoms with Gasteiger partial charge in [-0.3, -0.25) is 14.6 Å². The van der Waals surface area contributed by atoms with Crippen LogP contribution >= 0.6 is 12.2 Å². The van der Waals surface area contributed by atoms with Crippen molar-refractivity contribution in [2.75, 3.05) is 0 Å². The summed E-state index contributed by atoms with van der Waals surface area (Å²) in [5.41, 5.74) is 0.697. The molecular formula is C9H8F2N4S. The van der Waals surface area contributed by atoms with Crippen molar-refractivity contribution in [3.05, 3.63) is 29.3 Å². The lowest BCUT2D eigenvalue weighted by molar-refractivity contribution is 0.126. The molecular weight excluding hydrogens is 234 g/mol. The maximum Gasteiger partial charge on any atom is 0.256 e. The number of halogens is 2. The van der Waals surface area contributed by atoms with Gasteiger partial charge in [0.2, 0.25) is 0 Å². The van der Waals surface area contributed by atoms with Crippen LogP contribution in [-0.2, 0) is 6.54 Å². The van der Waals surface area contributed by atoms with E-state index in [1.165, 1.54) is 4.57 Å². The molecule has 2 rings (SSSR count). The van der Waals surface area contributed by atoms with E-state index >= 15 is 0 Å². The smallest absolute Gasteiger partial charge is 0.256 e. The summed E-state index contributed by atoms with van der Waals surface area (Å²) in [6.07, 6.45) is 0.671. The number of pyridine rings is 1. The zero-order valence-electron chi connectivity index (χ0n) is 8.10. The Morgan fingerprint density at radius 3 is 2.69 bits per heavy atom. The van der Waals surface area contributed by atoms with Gasteiger partial charge in [0.1, 0.15) is 0 Å². The zero-order valence-corrected chi connectivity index (χ0v) is 8.92. The van der Waals surface area contributed by atoms with E-state index in [9.17, 15) is 8.78 Å². The molecule has 2 heterocycles. The van der Waals surface area contributed by atoms with E-state index in [0.29, 0.717) is 11.4 Å². The quantitative estimate of drug-likeness (QED) is 0.840. The standard InChI is InChI=1S/C9H8F2N4S/c10-7(11)5-15-8(13-14-9(15)16)6-1-3-12-4-2-6/h1-4,7H,5H2,(H,14,16). The molecule has 0 spiro atoms. The third-order valence-electron chi connectivity index (χ3n) is 2.02. The molecule has 0 saturated carbocycles. The summed E-state index contributed by atoms with van der Waals surface area (Å²) in [7, 11) is 0. The summed E-state index contributed by atoms with van der Waals surface area (Å²) in [6.45, 7) is -0.465. The van der Waals surface area contributed by atoms with Gasteiger partial charge in [-0.2, -0.15) is 5.10 Å². The van der Waals surface area contributed by atoms with Gasteiger partial charge in [-0.15, -0.1) is 0 Å². The molecule has 0 aliphatic rings. The molecule has 16 heavy (non-hydrogen) atoms. The van der Waals surface area contributed by atoms with Crippen LogP contribution in [0, 0.1) is 4.77 Å². The van der Waals surface area contributed by atoms with Crippen LogP contribution in [0.3, 0.4) is 0 Å². The SMILES string of the molecule is FC(F)Cn1c(-c2ccncc2)n[nH]c1=S. The van der Waals surface area contributed by atoms with Crippen molar-refractivity contribution in [1.29, 1.82) is 0 Å².